The van der Waals surface area contributed by atoms with E-state index in [9.17, 15) is 14.4 Å². The number of carbonyl (C=O) groups excluding carboxylic acids is 1. The second kappa shape index (κ2) is 6.95. The van der Waals surface area contributed by atoms with Crippen molar-refractivity contribution in [2.75, 3.05) is 0 Å². The smallest absolute Gasteiger partial charge is 0.163 e. The normalized spacial score (nSPS) is 20.5. The molecule has 0 saturated carbocycles. The molecule has 5 rings (SSSR count). The van der Waals surface area contributed by atoms with Gasteiger partial charge in [-0.3, -0.25) is 4.79 Å². The maximum atomic E-state index is 13.6. The fourth-order valence-electron chi connectivity index (χ4n) is 4.71. The van der Waals surface area contributed by atoms with Crippen molar-refractivity contribution in [1.82, 2.24) is 4.98 Å². The molecular weight excluding hydrogens is 391 g/mol. The van der Waals surface area contributed by atoms with Gasteiger partial charge in [0, 0.05) is 41.1 Å². The standard InChI is InChI=1S/C26H21FN2O2/c1-26(2)11-21(30)24-22(12-26)31-25(19-14-29-20-6-4-3-5-17(19)20)18(13-28)23(24)15-7-9-16(27)10-8-15/h3-10,14,23,29H,11-12H2,1-2H3. The van der Waals surface area contributed by atoms with Crippen LogP contribution in [0.3, 0.4) is 0 Å². The van der Waals surface area contributed by atoms with E-state index in [1.165, 1.54) is 12.1 Å². The molecule has 5 heteroatoms. The Morgan fingerprint density at radius 3 is 2.61 bits per heavy atom. The predicted octanol–water partition coefficient (Wildman–Crippen LogP) is 6.00. The molecule has 2 aliphatic rings. The first-order chi connectivity index (χ1) is 14.9. The van der Waals surface area contributed by atoms with Gasteiger partial charge in [-0.05, 0) is 29.2 Å². The first kappa shape index (κ1) is 19.3. The van der Waals surface area contributed by atoms with Crippen molar-refractivity contribution in [1.29, 1.82) is 5.26 Å². The van der Waals surface area contributed by atoms with Crippen LogP contribution in [-0.4, -0.2) is 10.8 Å². The number of allylic oxidation sites excluding steroid dienone is 3. The number of aromatic nitrogens is 1. The van der Waals surface area contributed by atoms with Gasteiger partial charge in [0.1, 0.15) is 11.6 Å². The summed E-state index contributed by atoms with van der Waals surface area (Å²) in [6, 6.07) is 16.1. The van der Waals surface area contributed by atoms with E-state index in [0.717, 1.165) is 16.5 Å². The monoisotopic (exact) mass is 412 g/mol. The van der Waals surface area contributed by atoms with Gasteiger partial charge >= 0.3 is 0 Å². The first-order valence-electron chi connectivity index (χ1n) is 10.3. The number of ether oxygens (including phenoxy) is 1. The number of halogens is 1. The maximum absolute atomic E-state index is 13.6. The summed E-state index contributed by atoms with van der Waals surface area (Å²) in [6.07, 6.45) is 2.81. The molecule has 0 bridgehead atoms. The van der Waals surface area contributed by atoms with Crippen LogP contribution in [0.1, 0.15) is 43.7 Å². The minimum absolute atomic E-state index is 0.0219. The molecule has 1 aromatic heterocycles. The third kappa shape index (κ3) is 3.16. The number of hydrogen-bond acceptors (Lipinski definition) is 3. The number of benzene rings is 2. The summed E-state index contributed by atoms with van der Waals surface area (Å²) in [6.45, 7) is 4.08. The number of ketones is 1. The average molecular weight is 412 g/mol. The van der Waals surface area contributed by atoms with E-state index in [0.29, 0.717) is 41.1 Å². The number of aromatic amines is 1. The van der Waals surface area contributed by atoms with E-state index in [1.807, 2.05) is 44.3 Å². The number of H-pyrrole nitrogens is 1. The highest BCUT2D eigenvalue weighted by Crippen LogP contribution is 2.50. The summed E-state index contributed by atoms with van der Waals surface area (Å²) in [4.78, 5) is 16.4. The van der Waals surface area contributed by atoms with Crippen molar-refractivity contribution in [3.8, 4) is 6.07 Å². The van der Waals surface area contributed by atoms with Gasteiger partial charge in [-0.2, -0.15) is 5.26 Å². The van der Waals surface area contributed by atoms with Crippen molar-refractivity contribution < 1.29 is 13.9 Å². The van der Waals surface area contributed by atoms with Crippen LogP contribution in [0.4, 0.5) is 4.39 Å². The summed E-state index contributed by atoms with van der Waals surface area (Å²) in [5, 5.41) is 11.1. The lowest BCUT2D eigenvalue weighted by molar-refractivity contribution is -0.118. The van der Waals surface area contributed by atoms with Crippen LogP contribution < -0.4 is 0 Å². The first-order valence-corrected chi connectivity index (χ1v) is 10.3. The van der Waals surface area contributed by atoms with E-state index < -0.39 is 5.92 Å². The highest BCUT2D eigenvalue weighted by molar-refractivity contribution is 6.02. The molecule has 2 heterocycles. The zero-order chi connectivity index (χ0) is 21.8. The number of nitriles is 1. The number of carbonyl (C=O) groups is 1. The van der Waals surface area contributed by atoms with Crippen molar-refractivity contribution in [3.63, 3.8) is 0 Å². The van der Waals surface area contributed by atoms with Crippen molar-refractivity contribution in [2.45, 2.75) is 32.6 Å². The minimum Gasteiger partial charge on any atom is -0.459 e. The fourth-order valence-corrected chi connectivity index (χ4v) is 4.71. The van der Waals surface area contributed by atoms with Crippen molar-refractivity contribution in [2.24, 2.45) is 5.41 Å². The molecule has 1 atom stereocenters. The van der Waals surface area contributed by atoms with Gasteiger partial charge in [-0.1, -0.05) is 44.2 Å². The lowest BCUT2D eigenvalue weighted by Gasteiger charge is -2.38. The predicted molar refractivity (Wildman–Crippen MR) is 116 cm³/mol. The Balaban J connectivity index is 1.77. The van der Waals surface area contributed by atoms with Crippen LogP contribution in [0.5, 0.6) is 0 Å². The molecule has 0 fully saturated rings. The maximum Gasteiger partial charge on any atom is 0.163 e. The van der Waals surface area contributed by atoms with Gasteiger partial charge in [0.25, 0.3) is 0 Å². The number of nitrogens with zero attached hydrogens (tertiary/aromatic N) is 1. The number of hydrogen-bond donors (Lipinski definition) is 1. The summed E-state index contributed by atoms with van der Waals surface area (Å²) >= 11 is 0. The lowest BCUT2D eigenvalue weighted by atomic mass is 9.70. The van der Waals surface area contributed by atoms with Gasteiger partial charge in [0.05, 0.1) is 17.6 Å². The molecule has 3 aromatic rings. The molecule has 1 aliphatic carbocycles. The molecule has 1 unspecified atom stereocenters. The molecule has 0 radical (unpaired) electrons. The van der Waals surface area contributed by atoms with Crippen LogP contribution in [0, 0.1) is 22.6 Å². The number of fused-ring (bicyclic) bond motifs is 1. The van der Waals surface area contributed by atoms with E-state index in [1.54, 1.807) is 12.1 Å². The third-order valence-corrected chi connectivity index (χ3v) is 6.08. The Morgan fingerprint density at radius 1 is 1.13 bits per heavy atom. The van der Waals surface area contributed by atoms with E-state index >= 15 is 0 Å². The highest BCUT2D eigenvalue weighted by Gasteiger charge is 2.43. The number of para-hydroxylation sites is 1. The molecule has 154 valence electrons. The molecule has 2 aromatic carbocycles. The zero-order valence-corrected chi connectivity index (χ0v) is 17.3. The number of nitrogens with one attached hydrogen (secondary N) is 1. The lowest BCUT2D eigenvalue weighted by Crippen LogP contribution is -2.32. The highest BCUT2D eigenvalue weighted by atomic mass is 19.1. The molecule has 0 amide bonds. The minimum atomic E-state index is -0.582. The Kier molecular flexibility index (Phi) is 4.33. The van der Waals surface area contributed by atoms with Crippen LogP contribution in [0.15, 0.2) is 71.6 Å². The largest absolute Gasteiger partial charge is 0.459 e. The van der Waals surface area contributed by atoms with E-state index in [4.69, 9.17) is 4.74 Å². The van der Waals surface area contributed by atoms with Gasteiger partial charge in [-0.15, -0.1) is 0 Å². The van der Waals surface area contributed by atoms with Gasteiger partial charge in [0.2, 0.25) is 0 Å². The van der Waals surface area contributed by atoms with Gasteiger partial charge in [0.15, 0.2) is 11.5 Å². The molecule has 31 heavy (non-hydrogen) atoms. The second-order valence-electron chi connectivity index (χ2n) is 8.97. The number of rotatable bonds is 2. The second-order valence-corrected chi connectivity index (χ2v) is 8.97. The van der Waals surface area contributed by atoms with Crippen molar-refractivity contribution in [3.05, 3.63) is 88.6 Å². The summed E-state index contributed by atoms with van der Waals surface area (Å²) in [5.74, 6) is 0.0988. The molecule has 0 spiro atoms. The quantitative estimate of drug-likeness (QED) is 0.561. The third-order valence-electron chi connectivity index (χ3n) is 6.08. The number of Topliss-reactive ketones (excluding diaryl/α,β-unsaturated/α-hetero) is 1. The molecule has 0 saturated heterocycles. The SMILES string of the molecule is CC1(C)CC(=O)C2=C(C1)OC(c1c[nH]c3ccccc13)=C(C#N)C2c1ccc(F)cc1. The Morgan fingerprint density at radius 2 is 1.87 bits per heavy atom. The van der Waals surface area contributed by atoms with Crippen LogP contribution in [0.2, 0.25) is 0 Å². The Bertz CT molecular complexity index is 1320. The Hall–Kier alpha value is -3.65. The van der Waals surface area contributed by atoms with E-state index in [2.05, 4.69) is 11.1 Å². The van der Waals surface area contributed by atoms with E-state index in [-0.39, 0.29) is 17.0 Å². The summed E-state index contributed by atoms with van der Waals surface area (Å²) in [5.41, 5.74) is 3.07. The zero-order valence-electron chi connectivity index (χ0n) is 17.3. The summed E-state index contributed by atoms with van der Waals surface area (Å²) in [7, 11) is 0. The van der Waals surface area contributed by atoms with Crippen LogP contribution in [-0.2, 0) is 9.53 Å². The van der Waals surface area contributed by atoms with Crippen LogP contribution >= 0.6 is 0 Å². The topological polar surface area (TPSA) is 65.9 Å². The fraction of sp³-hybridized carbons (Fsp3) is 0.231. The van der Waals surface area contributed by atoms with Gasteiger partial charge < -0.3 is 9.72 Å². The average Bonchev–Trinajstić information content (AvgIpc) is 3.16. The Labute approximate surface area is 179 Å². The molecule has 1 N–H and O–H groups in total. The van der Waals surface area contributed by atoms with Crippen LogP contribution in [0.25, 0.3) is 16.7 Å². The molecule has 1 aliphatic heterocycles. The van der Waals surface area contributed by atoms with Crippen molar-refractivity contribution >= 4 is 22.4 Å². The molecular formula is C26H21FN2O2. The van der Waals surface area contributed by atoms with Gasteiger partial charge in [-0.25, -0.2) is 4.39 Å². The molecule has 4 nitrogen and oxygen atoms in total. The summed E-state index contributed by atoms with van der Waals surface area (Å²) < 4.78 is 20.0.